The number of carbonyl (C=O) groups excluding carboxylic acids is 3. The molecule has 2 aromatic rings. The highest BCUT2D eigenvalue weighted by Gasteiger charge is 2.39. The van der Waals surface area contributed by atoms with E-state index in [1.165, 1.54) is 13.8 Å². The second kappa shape index (κ2) is 8.57. The first kappa shape index (κ1) is 23.8. The lowest BCUT2D eigenvalue weighted by atomic mass is 10.1. The van der Waals surface area contributed by atoms with E-state index in [1.54, 1.807) is 13.8 Å². The van der Waals surface area contributed by atoms with Gasteiger partial charge in [-0.2, -0.15) is 18.3 Å². The number of nitrogens with two attached hydrogens (primary N) is 1. The van der Waals surface area contributed by atoms with E-state index in [1.807, 2.05) is 0 Å². The van der Waals surface area contributed by atoms with Crippen molar-refractivity contribution in [1.29, 1.82) is 0 Å². The Bertz CT molecular complexity index is 1070. The molecular weight excluding hydrogens is 449 g/mol. The van der Waals surface area contributed by atoms with Crippen molar-refractivity contribution in [3.05, 3.63) is 33.5 Å². The number of nitrogens with one attached hydrogen (secondary N) is 1. The number of esters is 1. The summed E-state index contributed by atoms with van der Waals surface area (Å²) in [4.78, 5) is 37.3. The van der Waals surface area contributed by atoms with Crippen LogP contribution < -0.4 is 11.1 Å². The number of anilines is 1. The predicted molar refractivity (Wildman–Crippen MR) is 111 cm³/mol. The zero-order valence-corrected chi connectivity index (χ0v) is 18.7. The van der Waals surface area contributed by atoms with Crippen LogP contribution in [0.1, 0.15) is 82.6 Å². The van der Waals surface area contributed by atoms with Crippen LogP contribution in [0, 0.1) is 6.92 Å². The zero-order chi connectivity index (χ0) is 24.0. The normalized spacial score (nSPS) is 15.0. The van der Waals surface area contributed by atoms with Gasteiger partial charge in [0.25, 0.3) is 5.91 Å². The predicted octanol–water partition coefficient (Wildman–Crippen LogP) is 4.01. The molecule has 0 spiro atoms. The molecule has 0 radical (unpaired) electrons. The highest BCUT2D eigenvalue weighted by molar-refractivity contribution is 7.18. The van der Waals surface area contributed by atoms with Crippen molar-refractivity contribution >= 4 is 34.1 Å². The van der Waals surface area contributed by atoms with Gasteiger partial charge in [-0.05, 0) is 52.2 Å². The molecule has 1 saturated carbocycles. The summed E-state index contributed by atoms with van der Waals surface area (Å²) in [5.74, 6) is -2.31. The number of aromatic nitrogens is 2. The van der Waals surface area contributed by atoms with Gasteiger partial charge in [-0.15, -0.1) is 11.3 Å². The first-order chi connectivity index (χ1) is 14.8. The van der Waals surface area contributed by atoms with Crippen molar-refractivity contribution < 1.29 is 32.3 Å². The Morgan fingerprint density at radius 2 is 1.91 bits per heavy atom. The molecule has 2 amide bonds. The van der Waals surface area contributed by atoms with Crippen LogP contribution in [-0.4, -0.2) is 33.7 Å². The third-order valence-corrected chi connectivity index (χ3v) is 6.17. The number of primary amides is 1. The van der Waals surface area contributed by atoms with Crippen LogP contribution in [-0.2, 0) is 15.7 Å². The number of halogens is 3. The summed E-state index contributed by atoms with van der Waals surface area (Å²) in [7, 11) is 0. The monoisotopic (exact) mass is 472 g/mol. The number of alkyl halides is 3. The first-order valence-corrected chi connectivity index (χ1v) is 10.7. The van der Waals surface area contributed by atoms with Crippen molar-refractivity contribution in [1.82, 2.24) is 9.78 Å². The zero-order valence-electron chi connectivity index (χ0n) is 17.9. The van der Waals surface area contributed by atoms with E-state index in [0.717, 1.165) is 22.1 Å². The molecular formula is C20H23F3N4O4S. The summed E-state index contributed by atoms with van der Waals surface area (Å²) in [6.45, 7) is 6.20. The Hall–Kier alpha value is -2.89. The Labute approximate surface area is 185 Å². The van der Waals surface area contributed by atoms with Crippen molar-refractivity contribution in [3.63, 3.8) is 0 Å². The first-order valence-electron chi connectivity index (χ1n) is 9.92. The standard InChI is InChI=1S/C20H23F3N4O4S/c1-8(2)31-19(30)14-9(3)15(16(24)28)32-18(14)25-17(29)10(4)27-12(11-5-6-11)7-13(26-27)20(21,22)23/h7-8,10-11H,5-6H2,1-4H3,(H2,24,28)(H,25,29). The van der Waals surface area contributed by atoms with Gasteiger partial charge in [0.05, 0.1) is 16.5 Å². The van der Waals surface area contributed by atoms with E-state index in [2.05, 4.69) is 10.4 Å². The van der Waals surface area contributed by atoms with Gasteiger partial charge >= 0.3 is 12.1 Å². The van der Waals surface area contributed by atoms with Crippen molar-refractivity contribution in [2.24, 2.45) is 5.73 Å². The van der Waals surface area contributed by atoms with E-state index in [9.17, 15) is 27.6 Å². The van der Waals surface area contributed by atoms with Gasteiger partial charge in [-0.3, -0.25) is 14.3 Å². The Morgan fingerprint density at radius 3 is 2.41 bits per heavy atom. The molecule has 2 heterocycles. The van der Waals surface area contributed by atoms with Crippen LogP contribution in [0.5, 0.6) is 0 Å². The number of rotatable bonds is 7. The smallest absolute Gasteiger partial charge is 0.435 e. The van der Waals surface area contributed by atoms with Crippen molar-refractivity contribution in [2.75, 3.05) is 5.32 Å². The third kappa shape index (κ3) is 4.79. The molecule has 1 fully saturated rings. The number of amides is 2. The summed E-state index contributed by atoms with van der Waals surface area (Å²) in [6, 6.07) is -0.136. The highest BCUT2D eigenvalue weighted by atomic mass is 32.1. The molecule has 12 heteroatoms. The van der Waals surface area contributed by atoms with Crippen LogP contribution in [0.25, 0.3) is 0 Å². The molecule has 0 aliphatic heterocycles. The van der Waals surface area contributed by atoms with Crippen LogP contribution in [0.4, 0.5) is 18.2 Å². The van der Waals surface area contributed by atoms with Crippen molar-refractivity contribution in [3.8, 4) is 0 Å². The second-order valence-corrected chi connectivity index (χ2v) is 8.94. The molecule has 3 N–H and O–H groups in total. The van der Waals surface area contributed by atoms with Crippen molar-refractivity contribution in [2.45, 2.75) is 64.8 Å². The largest absolute Gasteiger partial charge is 0.459 e. The maximum Gasteiger partial charge on any atom is 0.435 e. The molecule has 174 valence electrons. The minimum absolute atomic E-state index is 0.0167. The maximum atomic E-state index is 13.2. The van der Waals surface area contributed by atoms with Gasteiger partial charge in [0, 0.05) is 11.6 Å². The molecule has 1 unspecified atom stereocenters. The van der Waals surface area contributed by atoms with Gasteiger partial charge in [0.15, 0.2) is 5.69 Å². The summed E-state index contributed by atoms with van der Waals surface area (Å²) < 4.78 is 45.8. The summed E-state index contributed by atoms with van der Waals surface area (Å²) >= 11 is 0.806. The minimum Gasteiger partial charge on any atom is -0.459 e. The molecule has 1 aliphatic carbocycles. The minimum atomic E-state index is -4.64. The quantitative estimate of drug-likeness (QED) is 0.591. The number of carbonyl (C=O) groups is 3. The number of hydrogen-bond donors (Lipinski definition) is 2. The van der Waals surface area contributed by atoms with Gasteiger partial charge in [-0.1, -0.05) is 0 Å². The fourth-order valence-corrected chi connectivity index (χ4v) is 4.27. The molecule has 3 rings (SSSR count). The van der Waals surface area contributed by atoms with Gasteiger partial charge in [0.2, 0.25) is 5.91 Å². The molecule has 0 aromatic carbocycles. The molecule has 8 nitrogen and oxygen atoms in total. The van der Waals surface area contributed by atoms with Crippen LogP contribution >= 0.6 is 11.3 Å². The van der Waals surface area contributed by atoms with E-state index < -0.39 is 41.8 Å². The molecule has 1 atom stereocenters. The fourth-order valence-electron chi connectivity index (χ4n) is 3.22. The number of nitrogens with zero attached hydrogens (tertiary/aromatic N) is 2. The molecule has 2 aromatic heterocycles. The molecule has 0 saturated heterocycles. The number of ether oxygens (including phenoxy) is 1. The third-order valence-electron chi connectivity index (χ3n) is 4.95. The lowest BCUT2D eigenvalue weighted by Gasteiger charge is -2.16. The van der Waals surface area contributed by atoms with Crippen LogP contribution in [0.15, 0.2) is 6.07 Å². The maximum absolute atomic E-state index is 13.2. The highest BCUT2D eigenvalue weighted by Crippen LogP contribution is 2.43. The summed E-state index contributed by atoms with van der Waals surface area (Å²) in [5.41, 5.74) is 4.88. The Balaban J connectivity index is 1.93. The lowest BCUT2D eigenvalue weighted by molar-refractivity contribution is -0.141. The van der Waals surface area contributed by atoms with Gasteiger partial charge < -0.3 is 15.8 Å². The van der Waals surface area contributed by atoms with E-state index in [4.69, 9.17) is 10.5 Å². The van der Waals surface area contributed by atoms with E-state index >= 15 is 0 Å². The topological polar surface area (TPSA) is 116 Å². The molecule has 1 aliphatic rings. The average Bonchev–Trinajstić information content (AvgIpc) is 3.31. The van der Waals surface area contributed by atoms with Crippen LogP contribution in [0.2, 0.25) is 0 Å². The Morgan fingerprint density at radius 1 is 1.28 bits per heavy atom. The fraction of sp³-hybridized carbons (Fsp3) is 0.500. The number of hydrogen-bond acceptors (Lipinski definition) is 6. The second-order valence-electron chi connectivity index (χ2n) is 7.91. The molecule has 32 heavy (non-hydrogen) atoms. The van der Waals surface area contributed by atoms with Crippen LogP contribution in [0.3, 0.4) is 0 Å². The van der Waals surface area contributed by atoms with E-state index in [0.29, 0.717) is 18.5 Å². The Kier molecular flexibility index (Phi) is 6.36. The lowest BCUT2D eigenvalue weighted by Crippen LogP contribution is -2.26. The SMILES string of the molecule is Cc1c(C(N)=O)sc(NC(=O)C(C)n2nc(C(F)(F)F)cc2C2CC2)c1C(=O)OC(C)C. The number of thiophene rings is 1. The molecule has 0 bridgehead atoms. The van der Waals surface area contributed by atoms with Gasteiger partial charge in [0.1, 0.15) is 11.0 Å². The average molecular weight is 472 g/mol. The summed E-state index contributed by atoms with van der Waals surface area (Å²) in [5, 5.41) is 6.20. The van der Waals surface area contributed by atoms with E-state index in [-0.39, 0.29) is 26.9 Å². The van der Waals surface area contributed by atoms with Gasteiger partial charge in [-0.25, -0.2) is 4.79 Å². The summed E-state index contributed by atoms with van der Waals surface area (Å²) in [6.07, 6.45) is -3.66.